The zero-order chi connectivity index (χ0) is 13.6. The molecule has 0 bridgehead atoms. The Balaban J connectivity index is 2.31. The Morgan fingerprint density at radius 2 is 1.67 bits per heavy atom. The molecule has 0 aliphatic carbocycles. The molecule has 0 aromatic heterocycles. The first kappa shape index (κ1) is 15.2. The van der Waals surface area contributed by atoms with E-state index in [0.717, 1.165) is 19.0 Å². The van der Waals surface area contributed by atoms with E-state index < -0.39 is 0 Å². The topological polar surface area (TPSA) is 12.0 Å². The predicted molar refractivity (Wildman–Crippen MR) is 81.2 cm³/mol. The summed E-state index contributed by atoms with van der Waals surface area (Å²) in [5.41, 5.74) is 3.13. The molecule has 1 rings (SSSR count). The number of rotatable bonds is 6. The lowest BCUT2D eigenvalue weighted by Gasteiger charge is -2.19. The molecule has 0 aliphatic rings. The van der Waals surface area contributed by atoms with Crippen LogP contribution in [-0.2, 0) is 11.8 Å². The minimum absolute atomic E-state index is 0.261. The highest BCUT2D eigenvalue weighted by Crippen LogP contribution is 2.22. The van der Waals surface area contributed by atoms with E-state index in [0.29, 0.717) is 0 Å². The summed E-state index contributed by atoms with van der Waals surface area (Å²) in [6, 6.07) is 9.11. The largest absolute Gasteiger partial charge is 0.316 e. The quantitative estimate of drug-likeness (QED) is 0.744. The van der Waals surface area contributed by atoms with Crippen LogP contribution in [0.25, 0.3) is 0 Å². The maximum Gasteiger partial charge on any atom is -0.00258 e. The van der Waals surface area contributed by atoms with Gasteiger partial charge in [0, 0.05) is 0 Å². The highest BCUT2D eigenvalue weighted by molar-refractivity contribution is 5.27. The highest BCUT2D eigenvalue weighted by Gasteiger charge is 2.12. The second-order valence-corrected chi connectivity index (χ2v) is 6.65. The average molecular weight is 247 g/mol. The molecule has 0 heterocycles. The molecule has 0 amide bonds. The van der Waals surface area contributed by atoms with E-state index in [1.807, 2.05) is 0 Å². The molecule has 1 N–H and O–H groups in total. The van der Waals surface area contributed by atoms with Crippen molar-refractivity contribution in [1.29, 1.82) is 0 Å². The Hall–Kier alpha value is -0.820. The lowest BCUT2D eigenvalue weighted by atomic mass is 9.86. The smallest absolute Gasteiger partial charge is 0.00258 e. The van der Waals surface area contributed by atoms with Gasteiger partial charge in [-0.15, -0.1) is 0 Å². The van der Waals surface area contributed by atoms with Crippen LogP contribution < -0.4 is 5.32 Å². The first-order chi connectivity index (χ1) is 8.39. The van der Waals surface area contributed by atoms with Gasteiger partial charge in [-0.2, -0.15) is 0 Å². The molecule has 0 radical (unpaired) electrons. The van der Waals surface area contributed by atoms with Crippen molar-refractivity contribution in [3.05, 3.63) is 35.4 Å². The van der Waals surface area contributed by atoms with Crippen molar-refractivity contribution in [2.75, 3.05) is 13.1 Å². The number of hydrogen-bond acceptors (Lipinski definition) is 1. The van der Waals surface area contributed by atoms with Gasteiger partial charge in [-0.25, -0.2) is 0 Å². The molecule has 0 spiro atoms. The van der Waals surface area contributed by atoms with Crippen LogP contribution in [0.5, 0.6) is 0 Å². The summed E-state index contributed by atoms with van der Waals surface area (Å²) in [5, 5.41) is 3.49. The summed E-state index contributed by atoms with van der Waals surface area (Å²) in [4.78, 5) is 0. The fourth-order valence-electron chi connectivity index (χ4n) is 1.98. The van der Waals surface area contributed by atoms with E-state index in [4.69, 9.17) is 0 Å². The van der Waals surface area contributed by atoms with Crippen LogP contribution in [-0.4, -0.2) is 13.1 Å². The third kappa shape index (κ3) is 5.68. The molecule has 0 unspecified atom stereocenters. The van der Waals surface area contributed by atoms with Crippen LogP contribution in [0.4, 0.5) is 0 Å². The van der Waals surface area contributed by atoms with Crippen LogP contribution >= 0.6 is 0 Å². The van der Waals surface area contributed by atoms with Gasteiger partial charge in [-0.1, -0.05) is 58.9 Å². The summed E-state index contributed by atoms with van der Waals surface area (Å²) in [6.07, 6.45) is 2.40. The summed E-state index contributed by atoms with van der Waals surface area (Å²) in [6.45, 7) is 13.5. The van der Waals surface area contributed by atoms with Gasteiger partial charge in [-0.05, 0) is 48.4 Å². The van der Waals surface area contributed by atoms with E-state index in [9.17, 15) is 0 Å². The molecular weight excluding hydrogens is 218 g/mol. The highest BCUT2D eigenvalue weighted by atomic mass is 14.8. The number of aryl methyl sites for hydroxylation is 1. The standard InChI is InChI=1S/C17H29N/c1-14(2)13-18-12-6-7-15-8-10-16(11-9-15)17(3,4)5/h8-11,14,18H,6-7,12-13H2,1-5H3. The van der Waals surface area contributed by atoms with Gasteiger partial charge in [0.05, 0.1) is 0 Å². The molecule has 0 aliphatic heterocycles. The van der Waals surface area contributed by atoms with E-state index in [1.165, 1.54) is 24.0 Å². The Morgan fingerprint density at radius 1 is 1.06 bits per heavy atom. The molecule has 102 valence electrons. The van der Waals surface area contributed by atoms with Crippen LogP contribution in [0.1, 0.15) is 52.2 Å². The van der Waals surface area contributed by atoms with E-state index >= 15 is 0 Å². The van der Waals surface area contributed by atoms with Crippen LogP contribution in [0.3, 0.4) is 0 Å². The Bertz CT molecular complexity index is 330. The third-order valence-corrected chi connectivity index (χ3v) is 3.19. The lowest BCUT2D eigenvalue weighted by Crippen LogP contribution is -2.21. The molecular formula is C17H29N. The van der Waals surface area contributed by atoms with Crippen molar-refractivity contribution in [1.82, 2.24) is 5.32 Å². The van der Waals surface area contributed by atoms with Gasteiger partial charge in [0.2, 0.25) is 0 Å². The minimum Gasteiger partial charge on any atom is -0.316 e. The fraction of sp³-hybridized carbons (Fsp3) is 0.647. The number of nitrogens with one attached hydrogen (secondary N) is 1. The summed E-state index contributed by atoms with van der Waals surface area (Å²) < 4.78 is 0. The van der Waals surface area contributed by atoms with Crippen molar-refractivity contribution in [2.24, 2.45) is 5.92 Å². The van der Waals surface area contributed by atoms with Gasteiger partial charge in [0.25, 0.3) is 0 Å². The van der Waals surface area contributed by atoms with Crippen molar-refractivity contribution in [2.45, 2.75) is 52.9 Å². The number of benzene rings is 1. The van der Waals surface area contributed by atoms with Crippen molar-refractivity contribution in [3.63, 3.8) is 0 Å². The minimum atomic E-state index is 0.261. The zero-order valence-electron chi connectivity index (χ0n) is 12.7. The zero-order valence-corrected chi connectivity index (χ0v) is 12.7. The molecule has 1 aromatic carbocycles. The molecule has 1 nitrogen and oxygen atoms in total. The Morgan fingerprint density at radius 3 is 2.17 bits per heavy atom. The third-order valence-electron chi connectivity index (χ3n) is 3.19. The Labute approximate surface area is 113 Å². The second kappa shape index (κ2) is 6.94. The summed E-state index contributed by atoms with van der Waals surface area (Å²) in [7, 11) is 0. The van der Waals surface area contributed by atoms with Crippen LogP contribution in [0, 0.1) is 5.92 Å². The summed E-state index contributed by atoms with van der Waals surface area (Å²) >= 11 is 0. The number of hydrogen-bond donors (Lipinski definition) is 1. The van der Waals surface area contributed by atoms with E-state index in [2.05, 4.69) is 64.2 Å². The van der Waals surface area contributed by atoms with Crippen molar-refractivity contribution in [3.8, 4) is 0 Å². The van der Waals surface area contributed by atoms with Crippen LogP contribution in [0.15, 0.2) is 24.3 Å². The van der Waals surface area contributed by atoms with E-state index in [-0.39, 0.29) is 5.41 Å². The van der Waals surface area contributed by atoms with Gasteiger partial charge >= 0.3 is 0 Å². The second-order valence-electron chi connectivity index (χ2n) is 6.65. The monoisotopic (exact) mass is 247 g/mol. The van der Waals surface area contributed by atoms with Crippen molar-refractivity contribution >= 4 is 0 Å². The first-order valence-electron chi connectivity index (χ1n) is 7.19. The van der Waals surface area contributed by atoms with Gasteiger partial charge < -0.3 is 5.32 Å². The predicted octanol–water partition coefficient (Wildman–Crippen LogP) is 4.16. The van der Waals surface area contributed by atoms with Gasteiger partial charge in [0.1, 0.15) is 0 Å². The normalized spacial score (nSPS) is 12.1. The maximum absolute atomic E-state index is 3.49. The average Bonchev–Trinajstić information content (AvgIpc) is 2.27. The van der Waals surface area contributed by atoms with Crippen LogP contribution in [0.2, 0.25) is 0 Å². The molecule has 0 atom stereocenters. The lowest BCUT2D eigenvalue weighted by molar-refractivity contribution is 0.543. The molecule has 1 heteroatoms. The first-order valence-corrected chi connectivity index (χ1v) is 7.19. The molecule has 18 heavy (non-hydrogen) atoms. The SMILES string of the molecule is CC(C)CNCCCc1ccc(C(C)(C)C)cc1. The fourth-order valence-corrected chi connectivity index (χ4v) is 1.98. The molecule has 0 fully saturated rings. The molecule has 0 saturated heterocycles. The molecule has 1 aromatic rings. The van der Waals surface area contributed by atoms with Gasteiger partial charge in [0.15, 0.2) is 0 Å². The van der Waals surface area contributed by atoms with Crippen molar-refractivity contribution < 1.29 is 0 Å². The Kier molecular flexibility index (Phi) is 5.87. The van der Waals surface area contributed by atoms with Gasteiger partial charge in [-0.3, -0.25) is 0 Å². The van der Waals surface area contributed by atoms with E-state index in [1.54, 1.807) is 0 Å². The molecule has 0 saturated carbocycles. The maximum atomic E-state index is 3.49. The summed E-state index contributed by atoms with van der Waals surface area (Å²) in [5.74, 6) is 0.746.